The van der Waals surface area contributed by atoms with E-state index in [1.54, 1.807) is 30.9 Å². The third-order valence-corrected chi connectivity index (χ3v) is 11.6. The van der Waals surface area contributed by atoms with E-state index in [4.69, 9.17) is 16.3 Å². The summed E-state index contributed by atoms with van der Waals surface area (Å²) in [4.78, 5) is 40.2. The number of nitrogens with zero attached hydrogens (tertiary/aromatic N) is 3. The van der Waals surface area contributed by atoms with E-state index in [2.05, 4.69) is 15.5 Å². The topological polar surface area (TPSA) is 95.9 Å². The molecule has 3 aliphatic heterocycles. The second kappa shape index (κ2) is 15.3. The van der Waals surface area contributed by atoms with Gasteiger partial charge in [-0.2, -0.15) is 0 Å². The molecule has 3 fully saturated rings. The number of benzene rings is 2. The van der Waals surface area contributed by atoms with Gasteiger partial charge in [-0.05, 0) is 106 Å². The number of rotatable bonds is 10. The van der Waals surface area contributed by atoms with Gasteiger partial charge in [0, 0.05) is 79.8 Å². The number of pyridine rings is 1. The number of alkyl halides is 1. The van der Waals surface area contributed by atoms with Crippen LogP contribution in [0.25, 0.3) is 11.1 Å². The average Bonchev–Trinajstić information content (AvgIpc) is 3.11. The minimum absolute atomic E-state index is 0.0238. The number of piperidine rings is 3. The number of hydrogen-bond acceptors (Lipinski definition) is 7. The largest absolute Gasteiger partial charge is 0.496 e. The van der Waals surface area contributed by atoms with Gasteiger partial charge in [-0.1, -0.05) is 11.6 Å². The summed E-state index contributed by atoms with van der Waals surface area (Å²) in [5.41, 5.74) is 4.09. The minimum atomic E-state index is -1.21. The minimum Gasteiger partial charge on any atom is -0.496 e. The maximum atomic E-state index is 16.1. The average molecular weight is 724 g/mol. The number of likely N-dealkylation sites (tertiary alicyclic amines) is 1. The van der Waals surface area contributed by atoms with Crippen molar-refractivity contribution in [1.29, 1.82) is 0 Å². The highest BCUT2D eigenvalue weighted by Gasteiger charge is 2.36. The zero-order valence-corrected chi connectivity index (χ0v) is 30.7. The molecular formula is C39H48ClF2N5O4. The molecule has 1 unspecified atom stereocenters. The number of hydrogen-bond donors (Lipinski definition) is 2. The predicted octanol–water partition coefficient (Wildman–Crippen LogP) is 6.69. The van der Waals surface area contributed by atoms with Crippen molar-refractivity contribution in [2.75, 3.05) is 43.5 Å². The Balaban J connectivity index is 0.980. The summed E-state index contributed by atoms with van der Waals surface area (Å²) in [6, 6.07) is 8.23. The van der Waals surface area contributed by atoms with E-state index in [1.807, 2.05) is 37.1 Å². The highest BCUT2D eigenvalue weighted by Crippen LogP contribution is 2.39. The SMILES string of the molecule is COc1cc(-c2cn(C)c(=O)c(C)c2C)cc(Cl)c1CN1CCC(F)(CCC2CCN(c3ccc(NC4CCC(=O)NC4=O)cc3F)CC2)CC1. The highest BCUT2D eigenvalue weighted by molar-refractivity contribution is 6.32. The molecule has 12 heteroatoms. The quantitative estimate of drug-likeness (QED) is 0.225. The molecule has 3 aromatic rings. The van der Waals surface area contributed by atoms with Gasteiger partial charge in [0.1, 0.15) is 23.3 Å². The summed E-state index contributed by atoms with van der Waals surface area (Å²) in [6.07, 6.45) is 6.48. The monoisotopic (exact) mass is 723 g/mol. The lowest BCUT2D eigenvalue weighted by Gasteiger charge is -2.39. The van der Waals surface area contributed by atoms with E-state index in [-0.39, 0.29) is 23.7 Å². The number of halogens is 3. The van der Waals surface area contributed by atoms with Gasteiger partial charge in [0.25, 0.3) is 5.56 Å². The van der Waals surface area contributed by atoms with Gasteiger partial charge in [-0.3, -0.25) is 24.6 Å². The summed E-state index contributed by atoms with van der Waals surface area (Å²) in [5, 5.41) is 5.93. The van der Waals surface area contributed by atoms with Gasteiger partial charge in [0.2, 0.25) is 11.8 Å². The lowest BCUT2D eigenvalue weighted by atomic mass is 9.83. The fraction of sp³-hybridized carbons (Fsp3) is 0.513. The van der Waals surface area contributed by atoms with Crippen molar-refractivity contribution in [3.8, 4) is 16.9 Å². The number of carbonyl (C=O) groups excluding carboxylic acids is 2. The molecule has 0 aliphatic carbocycles. The van der Waals surface area contributed by atoms with Gasteiger partial charge in [0.05, 0.1) is 12.8 Å². The van der Waals surface area contributed by atoms with Crippen LogP contribution < -0.4 is 25.8 Å². The van der Waals surface area contributed by atoms with E-state index < -0.39 is 17.6 Å². The maximum absolute atomic E-state index is 16.1. The number of carbonyl (C=O) groups is 2. The molecule has 6 rings (SSSR count). The van der Waals surface area contributed by atoms with Gasteiger partial charge in [-0.15, -0.1) is 0 Å². The Bertz CT molecular complexity index is 1850. The first kappa shape index (κ1) is 36.8. The molecule has 274 valence electrons. The number of imide groups is 1. The standard InChI is InChI=1S/C39H48ClF2N5O4/c1-24-25(2)38(50)45(3)22-29(24)27-19-31(40)30(35(20-27)51-4)23-46-17-13-39(42,14-18-46)12-9-26-10-15-47(16-11-26)34-7-5-28(21-32(34)41)43-33-6-8-36(48)44-37(33)49/h5,7,19-22,26,33,43H,6,8-18,23H2,1-4H3,(H,44,48,49). The molecule has 0 spiro atoms. The van der Waals surface area contributed by atoms with Crippen LogP contribution in [0.5, 0.6) is 5.75 Å². The Labute approximate surface area is 303 Å². The van der Waals surface area contributed by atoms with Crippen LogP contribution in [0.1, 0.15) is 68.1 Å². The summed E-state index contributed by atoms with van der Waals surface area (Å²) >= 11 is 6.85. The summed E-state index contributed by atoms with van der Waals surface area (Å²) in [5.74, 6) is 0.0269. The second-order valence-electron chi connectivity index (χ2n) is 14.6. The van der Waals surface area contributed by atoms with Gasteiger partial charge < -0.3 is 19.5 Å². The molecule has 1 atom stereocenters. The Kier molecular flexibility index (Phi) is 11.1. The van der Waals surface area contributed by atoms with Crippen molar-refractivity contribution in [2.45, 2.75) is 83.5 Å². The Morgan fingerprint density at radius 3 is 2.41 bits per heavy atom. The Hall–Kier alpha value is -3.96. The zero-order valence-electron chi connectivity index (χ0n) is 29.9. The molecular weight excluding hydrogens is 676 g/mol. The van der Waals surface area contributed by atoms with Crippen LogP contribution in [0.4, 0.5) is 20.2 Å². The van der Waals surface area contributed by atoms with Crippen molar-refractivity contribution in [3.05, 3.63) is 74.4 Å². The predicted molar refractivity (Wildman–Crippen MR) is 197 cm³/mol. The molecule has 1 aromatic heterocycles. The smallest absolute Gasteiger partial charge is 0.253 e. The summed E-state index contributed by atoms with van der Waals surface area (Å²) in [7, 11) is 3.37. The van der Waals surface area contributed by atoms with Gasteiger partial charge in [-0.25, -0.2) is 8.78 Å². The van der Waals surface area contributed by atoms with Crippen molar-refractivity contribution < 1.29 is 23.1 Å². The molecule has 3 aliphatic rings. The number of aromatic nitrogens is 1. The normalized spacial score (nSPS) is 20.0. The molecule has 2 amide bonds. The molecule has 2 aromatic carbocycles. The number of methoxy groups -OCH3 is 1. The first-order valence-electron chi connectivity index (χ1n) is 17.9. The van der Waals surface area contributed by atoms with Crippen molar-refractivity contribution in [1.82, 2.24) is 14.8 Å². The lowest BCUT2D eigenvalue weighted by molar-refractivity contribution is -0.133. The van der Waals surface area contributed by atoms with Gasteiger partial charge >= 0.3 is 0 Å². The highest BCUT2D eigenvalue weighted by atomic mass is 35.5. The summed E-state index contributed by atoms with van der Waals surface area (Å²) in [6.45, 7) is 7.00. The van der Waals surface area contributed by atoms with Gasteiger partial charge in [0.15, 0.2) is 0 Å². The second-order valence-corrected chi connectivity index (χ2v) is 15.0. The molecule has 0 saturated carbocycles. The van der Waals surface area contributed by atoms with Crippen molar-refractivity contribution in [2.24, 2.45) is 13.0 Å². The summed E-state index contributed by atoms with van der Waals surface area (Å²) < 4.78 is 38.6. The third kappa shape index (κ3) is 8.25. The van der Waals surface area contributed by atoms with Crippen LogP contribution in [0.2, 0.25) is 5.02 Å². The van der Waals surface area contributed by atoms with Crippen LogP contribution in [0, 0.1) is 25.6 Å². The van der Waals surface area contributed by atoms with E-state index in [1.165, 1.54) is 6.07 Å². The third-order valence-electron chi connectivity index (χ3n) is 11.2. The fourth-order valence-corrected chi connectivity index (χ4v) is 8.04. The van der Waals surface area contributed by atoms with Crippen LogP contribution in [-0.2, 0) is 23.2 Å². The molecule has 9 nitrogen and oxygen atoms in total. The van der Waals surface area contributed by atoms with Crippen LogP contribution >= 0.6 is 11.6 Å². The van der Waals surface area contributed by atoms with E-state index in [0.29, 0.717) is 92.0 Å². The number of anilines is 2. The van der Waals surface area contributed by atoms with E-state index in [9.17, 15) is 14.4 Å². The Morgan fingerprint density at radius 1 is 1.02 bits per heavy atom. The van der Waals surface area contributed by atoms with E-state index in [0.717, 1.165) is 41.5 Å². The number of nitrogens with one attached hydrogen (secondary N) is 2. The number of ether oxygens (including phenoxy) is 1. The molecule has 4 heterocycles. The molecule has 0 radical (unpaired) electrons. The van der Waals surface area contributed by atoms with Crippen LogP contribution in [-0.4, -0.2) is 66.3 Å². The lowest BCUT2D eigenvalue weighted by Crippen LogP contribution is -2.47. The van der Waals surface area contributed by atoms with Crippen LogP contribution in [0.15, 0.2) is 41.3 Å². The van der Waals surface area contributed by atoms with E-state index >= 15 is 8.78 Å². The van der Waals surface area contributed by atoms with Crippen LogP contribution in [0.3, 0.4) is 0 Å². The fourth-order valence-electron chi connectivity index (χ4n) is 7.77. The molecule has 51 heavy (non-hydrogen) atoms. The first-order valence-corrected chi connectivity index (χ1v) is 18.3. The zero-order chi connectivity index (χ0) is 36.4. The maximum Gasteiger partial charge on any atom is 0.253 e. The van der Waals surface area contributed by atoms with Crippen molar-refractivity contribution >= 4 is 34.8 Å². The Morgan fingerprint density at radius 2 is 1.75 bits per heavy atom. The molecule has 2 N–H and O–H groups in total. The molecule has 0 bridgehead atoms. The number of aryl methyl sites for hydroxylation is 1. The number of amides is 2. The molecule has 3 saturated heterocycles. The first-order chi connectivity index (χ1) is 24.3. The van der Waals surface area contributed by atoms with Crippen molar-refractivity contribution in [3.63, 3.8) is 0 Å².